The van der Waals surface area contributed by atoms with Crippen molar-refractivity contribution >= 4 is 37.8 Å². The average molecular weight is 393 g/mol. The third-order valence-electron chi connectivity index (χ3n) is 3.99. The molecule has 1 aliphatic rings. The highest BCUT2D eigenvalue weighted by atomic mass is 79.9. The van der Waals surface area contributed by atoms with Crippen LogP contribution in [0.25, 0.3) is 0 Å². The van der Waals surface area contributed by atoms with Gasteiger partial charge in [-0.3, -0.25) is 9.36 Å². The Kier molecular flexibility index (Phi) is 4.40. The number of esters is 1. The Labute approximate surface area is 137 Å². The minimum Gasteiger partial charge on any atom is -0.468 e. The van der Waals surface area contributed by atoms with Gasteiger partial charge < -0.3 is 9.64 Å². The molecule has 0 N–H and O–H groups in total. The number of ether oxygens (including phenoxy) is 1. The summed E-state index contributed by atoms with van der Waals surface area (Å²) < 4.78 is 29.1. The molecule has 2 rings (SSSR count). The molecule has 0 fully saturated rings. The number of fused-ring (bicyclic) bond motifs is 1. The predicted octanol–water partition coefficient (Wildman–Crippen LogP) is 1.40. The lowest BCUT2D eigenvalue weighted by molar-refractivity contribution is -0.143. The van der Waals surface area contributed by atoms with Crippen LogP contribution in [0.4, 0.5) is 4.79 Å². The molecule has 22 heavy (non-hydrogen) atoms. The van der Waals surface area contributed by atoms with Crippen molar-refractivity contribution in [3.05, 3.63) is 22.4 Å². The van der Waals surface area contributed by atoms with Gasteiger partial charge in [-0.25, -0.2) is 13.2 Å². The van der Waals surface area contributed by atoms with E-state index >= 15 is 0 Å². The van der Waals surface area contributed by atoms with E-state index in [0.29, 0.717) is 6.54 Å². The summed E-state index contributed by atoms with van der Waals surface area (Å²) in [5.74, 6) is -0.816. The Balaban J connectivity index is 2.14. The molecule has 1 aliphatic heterocycles. The zero-order valence-corrected chi connectivity index (χ0v) is 14.9. The fourth-order valence-corrected chi connectivity index (χ4v) is 3.68. The van der Waals surface area contributed by atoms with E-state index in [4.69, 9.17) is 0 Å². The van der Waals surface area contributed by atoms with Crippen LogP contribution in [0.15, 0.2) is 16.7 Å². The fourth-order valence-electron chi connectivity index (χ4n) is 2.37. The summed E-state index contributed by atoms with van der Waals surface area (Å²) >= 11 is 3.30. The molecule has 0 bridgehead atoms. The lowest BCUT2D eigenvalue weighted by Crippen LogP contribution is -2.46. The summed E-state index contributed by atoms with van der Waals surface area (Å²) in [6.07, 6.45) is 2.64. The molecule has 9 heteroatoms. The van der Waals surface area contributed by atoms with E-state index in [1.54, 1.807) is 6.20 Å². The van der Waals surface area contributed by atoms with Gasteiger partial charge in [0.15, 0.2) is 14.6 Å². The van der Waals surface area contributed by atoms with Crippen molar-refractivity contribution in [3.63, 3.8) is 0 Å². The highest BCUT2D eigenvalue weighted by Crippen LogP contribution is 2.27. The first-order valence-electron chi connectivity index (χ1n) is 6.54. The number of hydrogen-bond acceptors (Lipinski definition) is 5. The van der Waals surface area contributed by atoms with Gasteiger partial charge in [-0.15, -0.1) is 0 Å². The minimum atomic E-state index is -3.67. The van der Waals surface area contributed by atoms with Gasteiger partial charge in [0, 0.05) is 29.2 Å². The van der Waals surface area contributed by atoms with Gasteiger partial charge >= 0.3 is 12.0 Å². The van der Waals surface area contributed by atoms with Gasteiger partial charge in [-0.1, -0.05) is 0 Å². The number of sulfone groups is 1. The number of halogens is 1. The third-order valence-corrected chi connectivity index (χ3v) is 6.43. The highest BCUT2D eigenvalue weighted by Gasteiger charge is 2.45. The predicted molar refractivity (Wildman–Crippen MR) is 83.2 cm³/mol. The maximum absolute atomic E-state index is 12.2. The van der Waals surface area contributed by atoms with E-state index in [9.17, 15) is 18.0 Å². The van der Waals surface area contributed by atoms with Gasteiger partial charge in [-0.05, 0) is 35.3 Å². The molecule has 7 nitrogen and oxygen atoms in total. The topological polar surface area (TPSA) is 85.7 Å². The van der Waals surface area contributed by atoms with Gasteiger partial charge in [-0.2, -0.15) is 0 Å². The molecule has 122 valence electrons. The van der Waals surface area contributed by atoms with Crippen LogP contribution in [-0.4, -0.2) is 54.5 Å². The number of carbonyl (C=O) groups excluding carboxylic acids is 2. The average Bonchev–Trinajstić information content (AvgIpc) is 2.92. The second kappa shape index (κ2) is 5.69. The van der Waals surface area contributed by atoms with Gasteiger partial charge in [0.2, 0.25) is 0 Å². The second-order valence-electron chi connectivity index (χ2n) is 5.47. The van der Waals surface area contributed by atoms with Gasteiger partial charge in [0.05, 0.1) is 13.7 Å². The number of nitrogens with zero attached hydrogens (tertiary/aromatic N) is 2. The Morgan fingerprint density at radius 1 is 1.50 bits per heavy atom. The molecule has 1 aromatic rings. The molecular formula is C13H17BrN2O5S. The normalized spacial score (nSPS) is 17.3. The molecule has 0 aliphatic carbocycles. The lowest BCUT2D eigenvalue weighted by Gasteiger charge is -2.26. The maximum atomic E-state index is 12.2. The summed E-state index contributed by atoms with van der Waals surface area (Å²) in [5.41, 5.74) is 0.816. The molecular weight excluding hydrogens is 376 g/mol. The summed E-state index contributed by atoms with van der Waals surface area (Å²) in [6.45, 7) is 1.85. The number of rotatable bonds is 5. The number of amides is 1. The van der Waals surface area contributed by atoms with Crippen LogP contribution in [0.5, 0.6) is 0 Å². The summed E-state index contributed by atoms with van der Waals surface area (Å²) in [5, 5.41) is 0. The van der Waals surface area contributed by atoms with Crippen molar-refractivity contribution in [2.24, 2.45) is 0 Å². The number of aromatic nitrogens is 1. The van der Waals surface area contributed by atoms with Crippen molar-refractivity contribution in [3.8, 4) is 0 Å². The van der Waals surface area contributed by atoms with Crippen LogP contribution in [0.3, 0.4) is 0 Å². The van der Waals surface area contributed by atoms with Crippen LogP contribution < -0.4 is 0 Å². The number of methoxy groups -OCH3 is 1. The quantitative estimate of drug-likeness (QED) is 0.706. The first-order chi connectivity index (χ1) is 10.1. The fraction of sp³-hybridized carbons (Fsp3) is 0.538. The third kappa shape index (κ3) is 2.79. The van der Waals surface area contributed by atoms with Crippen LogP contribution in [0, 0.1) is 0 Å². The number of hydrogen-bond donors (Lipinski definition) is 0. The minimum absolute atomic E-state index is 0.0176. The molecule has 1 atom stereocenters. The first-order valence-corrected chi connectivity index (χ1v) is 9.22. The highest BCUT2D eigenvalue weighted by molar-refractivity contribution is 9.10. The smallest absolute Gasteiger partial charge is 0.328 e. The standard InChI is InChI=1S/C13H17BrN2O5S/c1-13(11(17)21-2,22(3,19)20)4-5-15-8-10-6-9(14)7-16(10)12(15)18/h6-7H,4-5,8H2,1-3H3/t13-/m1/s1. The van der Waals surface area contributed by atoms with E-state index in [1.165, 1.54) is 16.4 Å². The largest absolute Gasteiger partial charge is 0.468 e. The van der Waals surface area contributed by atoms with Crippen molar-refractivity contribution < 1.29 is 22.7 Å². The second-order valence-corrected chi connectivity index (χ2v) is 8.83. The van der Waals surface area contributed by atoms with Gasteiger partial charge in [0.1, 0.15) is 0 Å². The first kappa shape index (κ1) is 17.0. The molecule has 0 saturated carbocycles. The van der Waals surface area contributed by atoms with Crippen LogP contribution in [0.2, 0.25) is 0 Å². The van der Waals surface area contributed by atoms with Crippen molar-refractivity contribution in [2.45, 2.75) is 24.6 Å². The molecule has 2 heterocycles. The van der Waals surface area contributed by atoms with Crippen molar-refractivity contribution in [1.82, 2.24) is 9.47 Å². The SMILES string of the molecule is COC(=O)[C@@](C)(CCN1Cc2cc(Br)cn2C1=O)S(C)(=O)=O. The van der Waals surface area contributed by atoms with E-state index in [0.717, 1.165) is 23.5 Å². The molecule has 0 saturated heterocycles. The number of carbonyl (C=O) groups is 2. The molecule has 0 unspecified atom stereocenters. The Morgan fingerprint density at radius 2 is 2.14 bits per heavy atom. The van der Waals surface area contributed by atoms with Gasteiger partial charge in [0.25, 0.3) is 0 Å². The van der Waals surface area contributed by atoms with Crippen LogP contribution in [0.1, 0.15) is 19.0 Å². The van der Waals surface area contributed by atoms with Crippen molar-refractivity contribution in [2.75, 3.05) is 19.9 Å². The Bertz CT molecular complexity index is 727. The molecule has 1 amide bonds. The summed E-state index contributed by atoms with van der Waals surface area (Å²) in [6, 6.07) is 1.59. The lowest BCUT2D eigenvalue weighted by atomic mass is 10.1. The van der Waals surface area contributed by atoms with Crippen molar-refractivity contribution in [1.29, 1.82) is 0 Å². The van der Waals surface area contributed by atoms with Crippen LogP contribution in [-0.2, 0) is 25.9 Å². The van der Waals surface area contributed by atoms with Crippen LogP contribution >= 0.6 is 15.9 Å². The molecule has 1 aromatic heterocycles. The summed E-state index contributed by atoms with van der Waals surface area (Å²) in [4.78, 5) is 25.6. The van der Waals surface area contributed by atoms with E-state index in [-0.39, 0.29) is 19.0 Å². The molecule has 0 aromatic carbocycles. The zero-order valence-electron chi connectivity index (χ0n) is 12.5. The molecule has 0 spiro atoms. The maximum Gasteiger partial charge on any atom is 0.328 e. The van der Waals surface area contributed by atoms with E-state index in [1.807, 2.05) is 6.07 Å². The monoisotopic (exact) mass is 392 g/mol. The Morgan fingerprint density at radius 3 is 2.64 bits per heavy atom. The zero-order chi connectivity index (χ0) is 16.7. The van der Waals surface area contributed by atoms with E-state index < -0.39 is 20.6 Å². The van der Waals surface area contributed by atoms with E-state index in [2.05, 4.69) is 20.7 Å². The summed E-state index contributed by atoms with van der Waals surface area (Å²) in [7, 11) is -2.52. The molecule has 0 radical (unpaired) electrons. The Hall–Kier alpha value is -1.35.